The molecule has 3 rings (SSSR count). The van der Waals surface area contributed by atoms with Gasteiger partial charge in [-0.3, -0.25) is 14.6 Å². The highest BCUT2D eigenvalue weighted by Crippen LogP contribution is 2.22. The maximum Gasteiger partial charge on any atom is 0.0983 e. The van der Waals surface area contributed by atoms with Gasteiger partial charge in [0.15, 0.2) is 0 Å². The van der Waals surface area contributed by atoms with E-state index in [9.17, 15) is 0 Å². The third-order valence-corrected chi connectivity index (χ3v) is 3.69. The highest BCUT2D eigenvalue weighted by Gasteiger charge is 2.18. The predicted molar refractivity (Wildman–Crippen MR) is 79.2 cm³/mol. The quantitative estimate of drug-likeness (QED) is 0.913. The Hall–Kier alpha value is -1.72. The predicted octanol–water partition coefficient (Wildman–Crippen LogP) is 1.28. The lowest BCUT2D eigenvalue weighted by Crippen LogP contribution is -2.48. The Morgan fingerprint density at radius 1 is 1.45 bits per heavy atom. The van der Waals surface area contributed by atoms with E-state index in [4.69, 9.17) is 0 Å². The van der Waals surface area contributed by atoms with Gasteiger partial charge in [0.2, 0.25) is 0 Å². The standard InChI is InChI=1S/C15H21N5/c1-12-9-20(7-6-17-12)11-14-10-19(2)18-15(14)13-4-3-5-16-8-13/h3-5,8,10,12,17H,6-7,9,11H2,1-2H3/t12-/m1/s1. The fourth-order valence-corrected chi connectivity index (χ4v) is 2.80. The van der Waals surface area contributed by atoms with Crippen molar-refractivity contribution in [1.29, 1.82) is 0 Å². The van der Waals surface area contributed by atoms with E-state index in [0.717, 1.165) is 37.4 Å². The van der Waals surface area contributed by atoms with Gasteiger partial charge in [0, 0.05) is 69.0 Å². The van der Waals surface area contributed by atoms with Crippen LogP contribution in [-0.4, -0.2) is 45.3 Å². The van der Waals surface area contributed by atoms with E-state index >= 15 is 0 Å². The summed E-state index contributed by atoms with van der Waals surface area (Å²) >= 11 is 0. The molecule has 0 aromatic carbocycles. The van der Waals surface area contributed by atoms with Crippen molar-refractivity contribution >= 4 is 0 Å². The molecule has 2 aromatic heterocycles. The smallest absolute Gasteiger partial charge is 0.0983 e. The first-order valence-electron chi connectivity index (χ1n) is 7.11. The molecule has 5 heteroatoms. The maximum atomic E-state index is 4.60. The molecule has 106 valence electrons. The summed E-state index contributed by atoms with van der Waals surface area (Å²) in [4.78, 5) is 6.68. The summed E-state index contributed by atoms with van der Waals surface area (Å²) in [6.07, 6.45) is 5.80. The molecule has 5 nitrogen and oxygen atoms in total. The van der Waals surface area contributed by atoms with Crippen LogP contribution >= 0.6 is 0 Å². The number of hydrogen-bond donors (Lipinski definition) is 1. The third-order valence-electron chi connectivity index (χ3n) is 3.69. The van der Waals surface area contributed by atoms with Crippen LogP contribution in [0, 0.1) is 0 Å². The summed E-state index contributed by atoms with van der Waals surface area (Å²) < 4.78 is 1.89. The van der Waals surface area contributed by atoms with Crippen LogP contribution in [0.1, 0.15) is 12.5 Å². The van der Waals surface area contributed by atoms with Gasteiger partial charge in [0.1, 0.15) is 0 Å². The first kappa shape index (κ1) is 13.3. The SMILES string of the molecule is C[C@@H]1CN(Cc2cn(C)nc2-c2cccnc2)CCN1. The number of hydrogen-bond acceptors (Lipinski definition) is 4. The first-order valence-corrected chi connectivity index (χ1v) is 7.11. The van der Waals surface area contributed by atoms with Crippen LogP contribution in [0.3, 0.4) is 0 Å². The normalized spacial score (nSPS) is 20.2. The molecule has 20 heavy (non-hydrogen) atoms. The number of nitrogens with one attached hydrogen (secondary N) is 1. The molecule has 1 saturated heterocycles. The van der Waals surface area contributed by atoms with Gasteiger partial charge < -0.3 is 5.32 Å². The Balaban J connectivity index is 1.83. The summed E-state index contributed by atoms with van der Waals surface area (Å²) in [5.41, 5.74) is 3.41. The Morgan fingerprint density at radius 3 is 3.10 bits per heavy atom. The molecule has 0 bridgehead atoms. The molecule has 1 atom stereocenters. The van der Waals surface area contributed by atoms with Crippen LogP contribution in [0.15, 0.2) is 30.7 Å². The van der Waals surface area contributed by atoms with Crippen molar-refractivity contribution in [3.05, 3.63) is 36.3 Å². The lowest BCUT2D eigenvalue weighted by molar-refractivity contribution is 0.200. The number of aromatic nitrogens is 3. The van der Waals surface area contributed by atoms with E-state index in [-0.39, 0.29) is 0 Å². The van der Waals surface area contributed by atoms with E-state index in [0.29, 0.717) is 6.04 Å². The monoisotopic (exact) mass is 271 g/mol. The van der Waals surface area contributed by atoms with Crippen molar-refractivity contribution in [2.45, 2.75) is 19.5 Å². The minimum absolute atomic E-state index is 0.558. The third kappa shape index (κ3) is 2.89. The summed E-state index contributed by atoms with van der Waals surface area (Å²) in [6, 6.07) is 4.59. The summed E-state index contributed by atoms with van der Waals surface area (Å²) in [5, 5.41) is 8.08. The lowest BCUT2D eigenvalue weighted by atomic mass is 10.1. The van der Waals surface area contributed by atoms with Crippen LogP contribution in [0.25, 0.3) is 11.3 Å². The topological polar surface area (TPSA) is 46.0 Å². The molecule has 0 amide bonds. The number of nitrogens with zero attached hydrogens (tertiary/aromatic N) is 4. The molecule has 0 saturated carbocycles. The number of aryl methyl sites for hydroxylation is 1. The van der Waals surface area contributed by atoms with E-state index in [1.807, 2.05) is 24.0 Å². The van der Waals surface area contributed by atoms with Crippen molar-refractivity contribution in [1.82, 2.24) is 25.0 Å². The molecule has 2 aromatic rings. The zero-order valence-corrected chi connectivity index (χ0v) is 12.1. The zero-order chi connectivity index (χ0) is 13.9. The van der Waals surface area contributed by atoms with Gasteiger partial charge in [-0.05, 0) is 19.1 Å². The van der Waals surface area contributed by atoms with E-state index < -0.39 is 0 Å². The van der Waals surface area contributed by atoms with Crippen molar-refractivity contribution in [3.8, 4) is 11.3 Å². The lowest BCUT2D eigenvalue weighted by Gasteiger charge is -2.31. The highest BCUT2D eigenvalue weighted by molar-refractivity contribution is 5.61. The van der Waals surface area contributed by atoms with Gasteiger partial charge in [-0.15, -0.1) is 0 Å². The molecule has 1 N–H and O–H groups in total. The molecule has 3 heterocycles. The molecule has 0 unspecified atom stereocenters. The molecule has 1 aliphatic rings. The minimum Gasteiger partial charge on any atom is -0.312 e. The fraction of sp³-hybridized carbons (Fsp3) is 0.467. The van der Waals surface area contributed by atoms with Crippen LogP contribution in [0.4, 0.5) is 0 Å². The molecule has 0 aliphatic carbocycles. The minimum atomic E-state index is 0.558. The van der Waals surface area contributed by atoms with Crippen LogP contribution in [0.5, 0.6) is 0 Å². The van der Waals surface area contributed by atoms with Crippen molar-refractivity contribution in [2.75, 3.05) is 19.6 Å². The van der Waals surface area contributed by atoms with Gasteiger partial charge in [0.25, 0.3) is 0 Å². The Bertz CT molecular complexity index is 563. The largest absolute Gasteiger partial charge is 0.312 e. The summed E-state index contributed by atoms with van der Waals surface area (Å²) in [7, 11) is 1.98. The number of pyridine rings is 1. The van der Waals surface area contributed by atoms with Crippen LogP contribution in [-0.2, 0) is 13.6 Å². The van der Waals surface area contributed by atoms with E-state index in [1.165, 1.54) is 5.56 Å². The molecule has 1 aliphatic heterocycles. The molecular formula is C15H21N5. The molecule has 0 radical (unpaired) electrons. The van der Waals surface area contributed by atoms with Crippen LogP contribution < -0.4 is 5.32 Å². The Morgan fingerprint density at radius 2 is 2.35 bits per heavy atom. The second-order valence-corrected chi connectivity index (χ2v) is 5.51. The average molecular weight is 271 g/mol. The van der Waals surface area contributed by atoms with Crippen LogP contribution in [0.2, 0.25) is 0 Å². The van der Waals surface area contributed by atoms with Crippen molar-refractivity contribution < 1.29 is 0 Å². The number of rotatable bonds is 3. The van der Waals surface area contributed by atoms with E-state index in [2.05, 4.69) is 39.5 Å². The van der Waals surface area contributed by atoms with Gasteiger partial charge in [0.05, 0.1) is 5.69 Å². The van der Waals surface area contributed by atoms with Gasteiger partial charge in [-0.25, -0.2) is 0 Å². The second kappa shape index (κ2) is 5.73. The summed E-state index contributed by atoms with van der Waals surface area (Å²) in [5.74, 6) is 0. The maximum absolute atomic E-state index is 4.60. The second-order valence-electron chi connectivity index (χ2n) is 5.51. The van der Waals surface area contributed by atoms with Gasteiger partial charge in [-0.2, -0.15) is 5.10 Å². The average Bonchev–Trinajstić information content (AvgIpc) is 2.80. The molecule has 0 spiro atoms. The Labute approximate surface area is 119 Å². The van der Waals surface area contributed by atoms with E-state index in [1.54, 1.807) is 6.20 Å². The Kier molecular flexibility index (Phi) is 3.80. The molecular weight excluding hydrogens is 250 g/mol. The van der Waals surface area contributed by atoms with Crippen molar-refractivity contribution in [2.24, 2.45) is 7.05 Å². The van der Waals surface area contributed by atoms with Gasteiger partial charge in [-0.1, -0.05) is 0 Å². The highest BCUT2D eigenvalue weighted by atomic mass is 15.3. The zero-order valence-electron chi connectivity index (χ0n) is 12.1. The first-order chi connectivity index (χ1) is 9.72. The molecule has 1 fully saturated rings. The summed E-state index contributed by atoms with van der Waals surface area (Å²) in [6.45, 7) is 6.41. The van der Waals surface area contributed by atoms with Crippen molar-refractivity contribution in [3.63, 3.8) is 0 Å². The number of piperazine rings is 1. The fourth-order valence-electron chi connectivity index (χ4n) is 2.80. The van der Waals surface area contributed by atoms with Gasteiger partial charge >= 0.3 is 0 Å².